The average Bonchev–Trinajstić information content (AvgIpc) is 2.98. The van der Waals surface area contributed by atoms with Gasteiger partial charge in [-0.2, -0.15) is 5.26 Å². The summed E-state index contributed by atoms with van der Waals surface area (Å²) >= 11 is 11.8. The van der Waals surface area contributed by atoms with Crippen LogP contribution in [0.5, 0.6) is 0 Å². The molecule has 1 fully saturated rings. The highest BCUT2D eigenvalue weighted by atomic mass is 35.5. The van der Waals surface area contributed by atoms with E-state index in [1.165, 1.54) is 12.3 Å². The number of anilines is 1. The van der Waals surface area contributed by atoms with E-state index in [0.29, 0.717) is 35.2 Å². The first kappa shape index (κ1) is 19.1. The van der Waals surface area contributed by atoms with Crippen molar-refractivity contribution in [2.75, 3.05) is 25.0 Å². The second-order valence-electron chi connectivity index (χ2n) is 5.54. The number of hydrogen-bond donors (Lipinski definition) is 2. The Kier molecular flexibility index (Phi) is 7.11. The summed E-state index contributed by atoms with van der Waals surface area (Å²) in [6, 6.07) is 6.51. The van der Waals surface area contributed by atoms with Crippen molar-refractivity contribution in [1.82, 2.24) is 10.2 Å². The lowest BCUT2D eigenvalue weighted by atomic mass is 10.2. The van der Waals surface area contributed by atoms with Crippen molar-refractivity contribution < 1.29 is 9.59 Å². The summed E-state index contributed by atoms with van der Waals surface area (Å²) in [5, 5.41) is 15.4. The van der Waals surface area contributed by atoms with E-state index < -0.39 is 5.91 Å². The molecule has 1 aromatic rings. The summed E-state index contributed by atoms with van der Waals surface area (Å²) in [6.45, 7) is 2.04. The number of nitriles is 1. The summed E-state index contributed by atoms with van der Waals surface area (Å²) in [5.74, 6) is -0.374. The maximum atomic E-state index is 12.1. The number of carbonyl (C=O) groups is 2. The van der Waals surface area contributed by atoms with Gasteiger partial charge in [0.25, 0.3) is 5.91 Å². The van der Waals surface area contributed by atoms with Crippen LogP contribution in [0.15, 0.2) is 30.0 Å². The first-order chi connectivity index (χ1) is 12.0. The zero-order chi connectivity index (χ0) is 18.2. The molecule has 2 N–H and O–H groups in total. The van der Waals surface area contributed by atoms with Crippen molar-refractivity contribution in [2.24, 2.45) is 0 Å². The molecule has 0 spiro atoms. The van der Waals surface area contributed by atoms with Crippen LogP contribution in [0.1, 0.15) is 19.3 Å². The smallest absolute Gasteiger partial charge is 0.267 e. The molecule has 1 aromatic carbocycles. The topological polar surface area (TPSA) is 85.2 Å². The Morgan fingerprint density at radius 3 is 2.84 bits per heavy atom. The van der Waals surface area contributed by atoms with E-state index in [1.807, 2.05) is 11.0 Å². The number of hydrogen-bond acceptors (Lipinski definition) is 4. The van der Waals surface area contributed by atoms with Gasteiger partial charge in [-0.3, -0.25) is 9.59 Å². The molecule has 1 saturated heterocycles. The molecular weight excluding hydrogens is 363 g/mol. The Bertz CT molecular complexity index is 728. The predicted molar refractivity (Wildman–Crippen MR) is 97.2 cm³/mol. The van der Waals surface area contributed by atoms with Gasteiger partial charge in [0.05, 0.1) is 10.7 Å². The van der Waals surface area contributed by atoms with Crippen LogP contribution in [0.25, 0.3) is 0 Å². The highest BCUT2D eigenvalue weighted by Gasteiger charge is 2.18. The quantitative estimate of drug-likeness (QED) is 0.432. The minimum absolute atomic E-state index is 0.0664. The molecule has 0 aromatic heterocycles. The number of rotatable bonds is 7. The van der Waals surface area contributed by atoms with Gasteiger partial charge < -0.3 is 15.5 Å². The molecule has 2 rings (SSSR count). The van der Waals surface area contributed by atoms with Crippen LogP contribution >= 0.6 is 23.2 Å². The van der Waals surface area contributed by atoms with Crippen LogP contribution in [0.2, 0.25) is 10.0 Å². The molecule has 132 valence electrons. The van der Waals surface area contributed by atoms with Crippen molar-refractivity contribution in [3.63, 3.8) is 0 Å². The highest BCUT2D eigenvalue weighted by Crippen LogP contribution is 2.25. The molecule has 0 radical (unpaired) electrons. The van der Waals surface area contributed by atoms with Crippen LogP contribution in [0.3, 0.4) is 0 Å². The number of benzene rings is 1. The molecule has 8 heteroatoms. The van der Waals surface area contributed by atoms with Crippen molar-refractivity contribution in [3.8, 4) is 6.07 Å². The third-order valence-corrected chi connectivity index (χ3v) is 4.26. The van der Waals surface area contributed by atoms with Gasteiger partial charge in [-0.05, 0) is 31.0 Å². The number of nitrogens with one attached hydrogen (secondary N) is 2. The zero-order valence-corrected chi connectivity index (χ0v) is 15.0. The van der Waals surface area contributed by atoms with Crippen molar-refractivity contribution in [2.45, 2.75) is 19.3 Å². The standard InChI is InChI=1S/C17H18Cl2N4O2/c18-13-4-5-15(14(19)9-13)22-17(25)12(10-20)11-21-6-2-8-23-7-1-3-16(23)24/h4-5,9,11,21H,1-3,6-8H2,(H,22,25)/b12-11-. The lowest BCUT2D eigenvalue weighted by Gasteiger charge is -2.14. The van der Waals surface area contributed by atoms with Gasteiger partial charge >= 0.3 is 0 Å². The summed E-state index contributed by atoms with van der Waals surface area (Å²) in [5.41, 5.74) is 0.313. The van der Waals surface area contributed by atoms with Crippen molar-refractivity contribution >= 4 is 40.7 Å². The van der Waals surface area contributed by atoms with Crippen LogP contribution < -0.4 is 10.6 Å². The van der Waals surface area contributed by atoms with Gasteiger partial charge in [0.15, 0.2) is 0 Å². The highest BCUT2D eigenvalue weighted by molar-refractivity contribution is 6.36. The lowest BCUT2D eigenvalue weighted by molar-refractivity contribution is -0.127. The lowest BCUT2D eigenvalue weighted by Crippen LogP contribution is -2.27. The van der Waals surface area contributed by atoms with Crippen LogP contribution in [0, 0.1) is 11.3 Å². The van der Waals surface area contributed by atoms with Gasteiger partial charge in [0.1, 0.15) is 11.6 Å². The maximum Gasteiger partial charge on any atom is 0.267 e. The second-order valence-corrected chi connectivity index (χ2v) is 6.38. The van der Waals surface area contributed by atoms with E-state index in [0.717, 1.165) is 19.4 Å². The molecule has 0 unspecified atom stereocenters. The summed E-state index contributed by atoms with van der Waals surface area (Å²) in [7, 11) is 0. The van der Waals surface area contributed by atoms with Gasteiger partial charge in [-0.15, -0.1) is 0 Å². The Morgan fingerprint density at radius 1 is 1.40 bits per heavy atom. The molecule has 0 aliphatic carbocycles. The molecule has 1 aliphatic rings. The largest absolute Gasteiger partial charge is 0.390 e. The molecule has 0 atom stereocenters. The van der Waals surface area contributed by atoms with Crippen LogP contribution in [0.4, 0.5) is 5.69 Å². The average molecular weight is 381 g/mol. The minimum Gasteiger partial charge on any atom is -0.390 e. The Balaban J connectivity index is 1.81. The summed E-state index contributed by atoms with van der Waals surface area (Å²) in [4.78, 5) is 25.4. The van der Waals surface area contributed by atoms with Crippen molar-refractivity contribution in [3.05, 3.63) is 40.0 Å². The molecule has 1 heterocycles. The van der Waals surface area contributed by atoms with Crippen LogP contribution in [-0.2, 0) is 9.59 Å². The van der Waals surface area contributed by atoms with E-state index in [4.69, 9.17) is 28.5 Å². The van der Waals surface area contributed by atoms with E-state index in [9.17, 15) is 9.59 Å². The fraction of sp³-hybridized carbons (Fsp3) is 0.353. The van der Waals surface area contributed by atoms with Gasteiger partial charge in [-0.25, -0.2) is 0 Å². The number of likely N-dealkylation sites (tertiary alicyclic amines) is 1. The van der Waals surface area contributed by atoms with Crippen molar-refractivity contribution in [1.29, 1.82) is 5.26 Å². The molecule has 6 nitrogen and oxygen atoms in total. The number of carbonyl (C=O) groups excluding carboxylic acids is 2. The Labute approximate surface area is 156 Å². The fourth-order valence-corrected chi connectivity index (χ4v) is 2.87. The minimum atomic E-state index is -0.561. The Hall–Kier alpha value is -2.23. The SMILES string of the molecule is N#C/C(=C/NCCCN1CCCC1=O)C(=O)Nc1ccc(Cl)cc1Cl. The number of halogens is 2. The van der Waals surface area contributed by atoms with Gasteiger partial charge in [-0.1, -0.05) is 23.2 Å². The molecule has 1 aliphatic heterocycles. The predicted octanol–water partition coefficient (Wildman–Crippen LogP) is 2.94. The normalized spacial score (nSPS) is 14.4. The first-order valence-corrected chi connectivity index (χ1v) is 8.64. The summed E-state index contributed by atoms with van der Waals surface area (Å²) < 4.78 is 0. The van der Waals surface area contributed by atoms with E-state index in [2.05, 4.69) is 10.6 Å². The van der Waals surface area contributed by atoms with Crippen LogP contribution in [-0.4, -0.2) is 36.3 Å². The second kappa shape index (κ2) is 9.30. The third-order valence-electron chi connectivity index (χ3n) is 3.71. The molecule has 25 heavy (non-hydrogen) atoms. The molecule has 2 amide bonds. The fourth-order valence-electron chi connectivity index (χ4n) is 2.42. The van der Waals surface area contributed by atoms with Gasteiger partial charge in [0, 0.05) is 37.3 Å². The molecule has 0 bridgehead atoms. The monoisotopic (exact) mass is 380 g/mol. The maximum absolute atomic E-state index is 12.1. The van der Waals surface area contributed by atoms with Gasteiger partial charge in [0.2, 0.25) is 5.91 Å². The number of nitrogens with zero attached hydrogens (tertiary/aromatic N) is 2. The first-order valence-electron chi connectivity index (χ1n) is 7.89. The number of amides is 2. The molecule has 0 saturated carbocycles. The molecular formula is C17H18Cl2N4O2. The van der Waals surface area contributed by atoms with E-state index in [1.54, 1.807) is 12.1 Å². The van der Waals surface area contributed by atoms with E-state index >= 15 is 0 Å². The van der Waals surface area contributed by atoms with E-state index in [-0.39, 0.29) is 11.5 Å². The summed E-state index contributed by atoms with van der Waals surface area (Å²) in [6.07, 6.45) is 3.65. The third kappa shape index (κ3) is 5.66. The Morgan fingerprint density at radius 2 is 2.20 bits per heavy atom. The zero-order valence-electron chi connectivity index (χ0n) is 13.5.